The molecule has 1 heteroatoms. The molecule has 2 atom stereocenters. The fraction of sp³-hybridized carbons (Fsp3) is 0.0625. The van der Waals surface area contributed by atoms with Gasteiger partial charge in [0.15, 0.2) is 0 Å². The van der Waals surface area contributed by atoms with Crippen LogP contribution >= 0.6 is 0 Å². The molecule has 1 aliphatic rings. The van der Waals surface area contributed by atoms with Crippen LogP contribution in [0.2, 0.25) is 0 Å². The number of hydrogen-bond acceptors (Lipinski definition) is 1. The molecule has 33 heavy (non-hydrogen) atoms. The molecular weight excluding hydrogens is 400 g/mol. The van der Waals surface area contributed by atoms with Gasteiger partial charge in [0.25, 0.3) is 0 Å². The van der Waals surface area contributed by atoms with Gasteiger partial charge < -0.3 is 4.74 Å². The lowest BCUT2D eigenvalue weighted by molar-refractivity contribution is 0.0585. The van der Waals surface area contributed by atoms with Gasteiger partial charge in [-0.05, 0) is 44.5 Å². The fourth-order valence-corrected chi connectivity index (χ4v) is 4.96. The SMILES string of the molecule is c1ccc(-c2ccc(-c3ccccc3)c3c2C(c2ccccc2)OC3c2ccccc2)cc1. The average Bonchev–Trinajstić information content (AvgIpc) is 3.31. The Kier molecular flexibility index (Phi) is 5.10. The largest absolute Gasteiger partial charge is 0.356 e. The Morgan fingerprint density at radius 3 is 1.06 bits per heavy atom. The van der Waals surface area contributed by atoms with Crippen molar-refractivity contribution in [3.05, 3.63) is 156 Å². The quantitative estimate of drug-likeness (QED) is 0.282. The Morgan fingerprint density at radius 2 is 0.697 bits per heavy atom. The molecule has 1 aliphatic heterocycles. The maximum Gasteiger partial charge on any atom is 0.110 e. The van der Waals surface area contributed by atoms with E-state index in [1.807, 2.05) is 0 Å². The highest BCUT2D eigenvalue weighted by molar-refractivity contribution is 5.80. The lowest BCUT2D eigenvalue weighted by atomic mass is 9.84. The monoisotopic (exact) mass is 424 g/mol. The first-order chi connectivity index (χ1) is 16.4. The Hall–Kier alpha value is -3.94. The van der Waals surface area contributed by atoms with Gasteiger partial charge in [0.05, 0.1) is 0 Å². The molecule has 0 bridgehead atoms. The van der Waals surface area contributed by atoms with Gasteiger partial charge in [-0.1, -0.05) is 133 Å². The number of benzene rings is 5. The number of hydrogen-bond donors (Lipinski definition) is 0. The molecule has 2 unspecified atom stereocenters. The van der Waals surface area contributed by atoms with Crippen molar-refractivity contribution >= 4 is 0 Å². The molecule has 0 aromatic heterocycles. The lowest BCUT2D eigenvalue weighted by Crippen LogP contribution is -2.02. The maximum absolute atomic E-state index is 6.93. The van der Waals surface area contributed by atoms with E-state index in [2.05, 4.69) is 133 Å². The zero-order valence-electron chi connectivity index (χ0n) is 18.3. The van der Waals surface area contributed by atoms with Crippen molar-refractivity contribution in [2.24, 2.45) is 0 Å². The fourth-order valence-electron chi connectivity index (χ4n) is 4.96. The summed E-state index contributed by atoms with van der Waals surface area (Å²) in [7, 11) is 0. The first kappa shape index (κ1) is 19.7. The van der Waals surface area contributed by atoms with E-state index in [0.29, 0.717) is 0 Å². The van der Waals surface area contributed by atoms with E-state index in [0.717, 1.165) is 0 Å². The second-order valence-electron chi connectivity index (χ2n) is 8.44. The first-order valence-corrected chi connectivity index (χ1v) is 11.4. The summed E-state index contributed by atoms with van der Waals surface area (Å²) in [5.74, 6) is 0. The van der Waals surface area contributed by atoms with Crippen LogP contribution in [-0.2, 0) is 4.74 Å². The van der Waals surface area contributed by atoms with Crippen molar-refractivity contribution in [1.82, 2.24) is 0 Å². The molecule has 0 amide bonds. The highest BCUT2D eigenvalue weighted by Crippen LogP contribution is 2.52. The summed E-state index contributed by atoms with van der Waals surface area (Å²) in [6.45, 7) is 0. The summed E-state index contributed by atoms with van der Waals surface area (Å²) < 4.78 is 6.93. The van der Waals surface area contributed by atoms with Crippen molar-refractivity contribution in [1.29, 1.82) is 0 Å². The average molecular weight is 425 g/mol. The molecule has 1 nitrogen and oxygen atoms in total. The van der Waals surface area contributed by atoms with Gasteiger partial charge in [0.2, 0.25) is 0 Å². The molecule has 158 valence electrons. The first-order valence-electron chi connectivity index (χ1n) is 11.4. The molecule has 1 heterocycles. The summed E-state index contributed by atoms with van der Waals surface area (Å²) in [5, 5.41) is 0. The molecule has 0 saturated heterocycles. The summed E-state index contributed by atoms with van der Waals surface area (Å²) in [6, 6.07) is 47.1. The van der Waals surface area contributed by atoms with Crippen LogP contribution in [0.5, 0.6) is 0 Å². The van der Waals surface area contributed by atoms with E-state index >= 15 is 0 Å². The third-order valence-corrected chi connectivity index (χ3v) is 6.46. The van der Waals surface area contributed by atoms with Gasteiger partial charge >= 0.3 is 0 Å². The van der Waals surface area contributed by atoms with E-state index < -0.39 is 0 Å². The van der Waals surface area contributed by atoms with Crippen molar-refractivity contribution in [2.45, 2.75) is 12.2 Å². The third-order valence-electron chi connectivity index (χ3n) is 6.46. The number of rotatable bonds is 4. The number of ether oxygens (including phenoxy) is 1. The van der Waals surface area contributed by atoms with E-state index in [1.54, 1.807) is 0 Å². The smallest absolute Gasteiger partial charge is 0.110 e. The van der Waals surface area contributed by atoms with E-state index in [1.165, 1.54) is 44.5 Å². The molecule has 0 spiro atoms. The predicted molar refractivity (Wildman–Crippen MR) is 135 cm³/mol. The zero-order chi connectivity index (χ0) is 22.0. The highest BCUT2D eigenvalue weighted by atomic mass is 16.5. The predicted octanol–water partition coefficient (Wildman–Crippen LogP) is 8.23. The summed E-state index contributed by atoms with van der Waals surface area (Å²) in [4.78, 5) is 0. The van der Waals surface area contributed by atoms with Crippen molar-refractivity contribution < 1.29 is 4.74 Å². The Labute approximate surface area is 194 Å². The van der Waals surface area contributed by atoms with Crippen molar-refractivity contribution in [3.63, 3.8) is 0 Å². The van der Waals surface area contributed by atoms with E-state index in [4.69, 9.17) is 4.74 Å². The second-order valence-corrected chi connectivity index (χ2v) is 8.44. The van der Waals surface area contributed by atoms with E-state index in [-0.39, 0.29) is 12.2 Å². The second kappa shape index (κ2) is 8.54. The molecule has 6 rings (SSSR count). The van der Waals surface area contributed by atoms with Crippen LogP contribution in [0.15, 0.2) is 133 Å². The van der Waals surface area contributed by atoms with Gasteiger partial charge in [0, 0.05) is 0 Å². The van der Waals surface area contributed by atoms with Crippen LogP contribution < -0.4 is 0 Å². The van der Waals surface area contributed by atoms with Gasteiger partial charge in [0.1, 0.15) is 12.2 Å². The molecule has 0 N–H and O–H groups in total. The summed E-state index contributed by atoms with van der Waals surface area (Å²) >= 11 is 0. The molecular formula is C32H24O. The molecule has 0 fully saturated rings. The maximum atomic E-state index is 6.93. The summed E-state index contributed by atoms with van der Waals surface area (Å²) in [5.41, 5.74) is 9.79. The zero-order valence-corrected chi connectivity index (χ0v) is 18.3. The van der Waals surface area contributed by atoms with Crippen LogP contribution in [0.1, 0.15) is 34.5 Å². The van der Waals surface area contributed by atoms with Gasteiger partial charge in [-0.15, -0.1) is 0 Å². The van der Waals surface area contributed by atoms with Gasteiger partial charge in [-0.2, -0.15) is 0 Å². The minimum atomic E-state index is -0.134. The van der Waals surface area contributed by atoms with Crippen LogP contribution in [0.3, 0.4) is 0 Å². The summed E-state index contributed by atoms with van der Waals surface area (Å²) in [6.07, 6.45) is -0.268. The minimum Gasteiger partial charge on any atom is -0.356 e. The molecule has 0 radical (unpaired) electrons. The Bertz CT molecular complexity index is 1250. The standard InChI is InChI=1S/C32H24O/c1-5-13-23(14-6-1)27-21-22-28(24-15-7-2-8-16-24)30-29(27)31(25-17-9-3-10-18-25)33-32(30)26-19-11-4-12-20-26/h1-22,31-32H. The van der Waals surface area contributed by atoms with Gasteiger partial charge in [-0.25, -0.2) is 0 Å². The Morgan fingerprint density at radius 1 is 0.364 bits per heavy atom. The molecule has 5 aromatic carbocycles. The van der Waals surface area contributed by atoms with Crippen LogP contribution in [-0.4, -0.2) is 0 Å². The molecule has 5 aromatic rings. The Balaban J connectivity index is 1.67. The van der Waals surface area contributed by atoms with Gasteiger partial charge in [-0.3, -0.25) is 0 Å². The number of fused-ring (bicyclic) bond motifs is 1. The van der Waals surface area contributed by atoms with E-state index in [9.17, 15) is 0 Å². The molecule has 0 aliphatic carbocycles. The van der Waals surface area contributed by atoms with Crippen molar-refractivity contribution in [2.75, 3.05) is 0 Å². The highest BCUT2D eigenvalue weighted by Gasteiger charge is 2.38. The topological polar surface area (TPSA) is 9.23 Å². The van der Waals surface area contributed by atoms with Crippen LogP contribution in [0.25, 0.3) is 22.3 Å². The van der Waals surface area contributed by atoms with Crippen LogP contribution in [0, 0.1) is 0 Å². The molecule has 0 saturated carbocycles. The van der Waals surface area contributed by atoms with Crippen LogP contribution in [0.4, 0.5) is 0 Å². The lowest BCUT2D eigenvalue weighted by Gasteiger charge is -2.18. The third kappa shape index (κ3) is 3.57. The van der Waals surface area contributed by atoms with Crippen molar-refractivity contribution in [3.8, 4) is 22.3 Å². The normalized spacial score (nSPS) is 17.0. The minimum absolute atomic E-state index is 0.134.